The van der Waals surface area contributed by atoms with Gasteiger partial charge in [-0.25, -0.2) is 23.3 Å². The Labute approximate surface area is 235 Å². The number of thiazole rings is 1. The van der Waals surface area contributed by atoms with Crippen molar-refractivity contribution in [1.29, 1.82) is 0 Å². The van der Waals surface area contributed by atoms with Gasteiger partial charge in [-0.2, -0.15) is 8.42 Å². The van der Waals surface area contributed by atoms with Gasteiger partial charge in [-0.1, -0.05) is 6.58 Å². The normalized spacial score (nSPS) is 16.5. The number of nitrogens with zero attached hydrogens (tertiary/aromatic N) is 3. The molecule has 0 saturated heterocycles. The summed E-state index contributed by atoms with van der Waals surface area (Å²) in [5.41, 5.74) is 4.07. The number of halogens is 2. The van der Waals surface area contributed by atoms with Gasteiger partial charge in [0.1, 0.15) is 17.7 Å². The lowest BCUT2D eigenvalue weighted by atomic mass is 10.0. The molecule has 0 bridgehead atoms. The Morgan fingerprint density at radius 3 is 2.62 bits per heavy atom. The van der Waals surface area contributed by atoms with Gasteiger partial charge in [0.15, 0.2) is 0 Å². The highest BCUT2D eigenvalue weighted by Gasteiger charge is 2.34. The van der Waals surface area contributed by atoms with Crippen LogP contribution in [-0.2, 0) is 21.4 Å². The molecule has 4 rings (SSSR count). The van der Waals surface area contributed by atoms with Crippen molar-refractivity contribution in [3.63, 3.8) is 0 Å². The predicted octanol–water partition coefficient (Wildman–Crippen LogP) is 4.64. The van der Waals surface area contributed by atoms with Crippen LogP contribution in [0.2, 0.25) is 0 Å². The summed E-state index contributed by atoms with van der Waals surface area (Å²) in [7, 11) is -2.91. The first-order valence-electron chi connectivity index (χ1n) is 12.4. The molecule has 2 atom stereocenters. The summed E-state index contributed by atoms with van der Waals surface area (Å²) < 4.78 is 58.3. The number of rotatable bonds is 8. The standard InChI is InChI=1S/C27H29F2N5O4S2/c1-5-24-16(2)6-7-17(3)34(24)40(37,38)32-27(36)31-23(12-18-10-19(28)13-20(29)11-18)26(35)33(4)21-8-9-25-22(14-21)30-15-39-25/h5,8-11,13-15,17,23H,1,6-7,12H2,2-4H3,(H2,31,32,36)/t17?,23-/m0/s1. The van der Waals surface area contributed by atoms with Gasteiger partial charge in [0.05, 0.1) is 21.4 Å². The molecule has 1 aromatic heterocycles. The van der Waals surface area contributed by atoms with E-state index in [0.29, 0.717) is 35.8 Å². The van der Waals surface area contributed by atoms with Crippen LogP contribution in [0.15, 0.2) is 65.8 Å². The summed E-state index contributed by atoms with van der Waals surface area (Å²) in [6.07, 6.45) is 2.34. The van der Waals surface area contributed by atoms with Crippen molar-refractivity contribution in [3.05, 3.63) is 83.0 Å². The van der Waals surface area contributed by atoms with Gasteiger partial charge < -0.3 is 10.2 Å². The van der Waals surface area contributed by atoms with E-state index >= 15 is 0 Å². The molecule has 13 heteroatoms. The number of hydrogen-bond acceptors (Lipinski definition) is 6. The first kappa shape index (κ1) is 29.2. The average molecular weight is 590 g/mol. The van der Waals surface area contributed by atoms with Crippen molar-refractivity contribution in [3.8, 4) is 0 Å². The summed E-state index contributed by atoms with van der Waals surface area (Å²) in [4.78, 5) is 32.1. The van der Waals surface area contributed by atoms with Gasteiger partial charge in [-0.05, 0) is 74.2 Å². The lowest BCUT2D eigenvalue weighted by Crippen LogP contribution is -2.55. The third-order valence-electron chi connectivity index (χ3n) is 6.68. The fourth-order valence-corrected chi connectivity index (χ4v) is 6.78. The molecule has 2 aromatic carbocycles. The molecular formula is C27H29F2N5O4S2. The molecule has 0 radical (unpaired) electrons. The van der Waals surface area contributed by atoms with Crippen LogP contribution in [0.3, 0.4) is 0 Å². The van der Waals surface area contributed by atoms with Crippen molar-refractivity contribution in [2.75, 3.05) is 11.9 Å². The SMILES string of the molecule is C=CC1=C(C)CCC(C)N1S(=O)(=O)NC(=O)N[C@@H](Cc1cc(F)cc(F)c1)C(=O)N(C)c1ccc2scnc2c1. The van der Waals surface area contributed by atoms with Crippen molar-refractivity contribution in [2.45, 2.75) is 45.2 Å². The lowest BCUT2D eigenvalue weighted by molar-refractivity contribution is -0.120. The Morgan fingerprint density at radius 1 is 1.25 bits per heavy atom. The molecule has 0 spiro atoms. The zero-order valence-electron chi connectivity index (χ0n) is 22.1. The molecule has 0 fully saturated rings. The molecule has 1 aliphatic rings. The number of urea groups is 1. The number of fused-ring (bicyclic) bond motifs is 1. The zero-order chi connectivity index (χ0) is 29.2. The maximum Gasteiger partial charge on any atom is 0.330 e. The molecule has 2 heterocycles. The molecule has 40 heavy (non-hydrogen) atoms. The van der Waals surface area contributed by atoms with E-state index in [0.717, 1.165) is 26.7 Å². The van der Waals surface area contributed by atoms with Crippen LogP contribution in [-0.4, -0.2) is 48.8 Å². The number of carbonyl (C=O) groups is 2. The predicted molar refractivity (Wildman–Crippen MR) is 151 cm³/mol. The molecule has 1 unspecified atom stereocenters. The van der Waals surface area contributed by atoms with Crippen LogP contribution in [0.1, 0.15) is 32.3 Å². The van der Waals surface area contributed by atoms with E-state index in [1.54, 1.807) is 37.6 Å². The Balaban J connectivity index is 1.60. The third kappa shape index (κ3) is 6.31. The molecule has 212 valence electrons. The van der Waals surface area contributed by atoms with Gasteiger partial charge in [0, 0.05) is 31.3 Å². The number of aromatic nitrogens is 1. The summed E-state index contributed by atoms with van der Waals surface area (Å²) in [6.45, 7) is 7.20. The summed E-state index contributed by atoms with van der Waals surface area (Å²) >= 11 is 1.43. The first-order chi connectivity index (χ1) is 18.9. The summed E-state index contributed by atoms with van der Waals surface area (Å²) in [5, 5.41) is 2.39. The van der Waals surface area contributed by atoms with E-state index in [-0.39, 0.29) is 12.0 Å². The number of hydrogen-bond donors (Lipinski definition) is 2. The van der Waals surface area contributed by atoms with Crippen LogP contribution < -0.4 is 14.9 Å². The third-order valence-corrected chi connectivity index (χ3v) is 9.01. The number of nitrogens with one attached hydrogen (secondary N) is 2. The second-order valence-electron chi connectivity index (χ2n) is 9.57. The summed E-state index contributed by atoms with van der Waals surface area (Å²) in [6, 6.07) is 4.97. The van der Waals surface area contributed by atoms with Gasteiger partial charge in [0.2, 0.25) is 5.91 Å². The van der Waals surface area contributed by atoms with E-state index in [1.165, 1.54) is 29.4 Å². The smallest absolute Gasteiger partial charge is 0.325 e. The highest BCUT2D eigenvalue weighted by Crippen LogP contribution is 2.29. The van der Waals surface area contributed by atoms with E-state index < -0.39 is 45.9 Å². The Hall–Kier alpha value is -3.84. The minimum absolute atomic E-state index is 0.0968. The topological polar surface area (TPSA) is 112 Å². The quantitative estimate of drug-likeness (QED) is 0.398. The molecule has 1 aliphatic heterocycles. The second-order valence-corrected chi connectivity index (χ2v) is 12.0. The highest BCUT2D eigenvalue weighted by molar-refractivity contribution is 7.87. The van der Waals surface area contributed by atoms with E-state index in [9.17, 15) is 26.8 Å². The minimum Gasteiger partial charge on any atom is -0.325 e. The van der Waals surface area contributed by atoms with E-state index in [4.69, 9.17) is 0 Å². The number of likely N-dealkylation sites (N-methyl/N-ethyl adjacent to an activating group) is 1. The first-order valence-corrected chi connectivity index (χ1v) is 14.7. The fourth-order valence-electron chi connectivity index (χ4n) is 4.66. The highest BCUT2D eigenvalue weighted by atomic mass is 32.2. The van der Waals surface area contributed by atoms with Gasteiger partial charge in [-0.15, -0.1) is 11.3 Å². The van der Waals surface area contributed by atoms with E-state index in [2.05, 4.69) is 16.9 Å². The maximum atomic E-state index is 13.9. The molecular weight excluding hydrogens is 560 g/mol. The van der Waals surface area contributed by atoms with Crippen LogP contribution in [0.25, 0.3) is 10.2 Å². The maximum absolute atomic E-state index is 13.9. The van der Waals surface area contributed by atoms with E-state index in [1.807, 2.05) is 4.72 Å². The molecule has 3 aromatic rings. The van der Waals surface area contributed by atoms with Crippen molar-refractivity contribution in [2.24, 2.45) is 0 Å². The van der Waals surface area contributed by atoms with Crippen LogP contribution >= 0.6 is 11.3 Å². The van der Waals surface area contributed by atoms with Gasteiger partial charge in [-0.3, -0.25) is 9.10 Å². The monoisotopic (exact) mass is 589 g/mol. The molecule has 9 nitrogen and oxygen atoms in total. The van der Waals surface area contributed by atoms with Gasteiger partial charge in [0.25, 0.3) is 0 Å². The largest absolute Gasteiger partial charge is 0.330 e. The number of allylic oxidation sites excluding steroid dienone is 2. The van der Waals surface area contributed by atoms with Crippen molar-refractivity contribution in [1.82, 2.24) is 19.3 Å². The second kappa shape index (κ2) is 11.7. The number of carbonyl (C=O) groups excluding carboxylic acids is 2. The fraction of sp³-hybridized carbons (Fsp3) is 0.296. The average Bonchev–Trinajstić information content (AvgIpc) is 3.35. The van der Waals surface area contributed by atoms with Crippen LogP contribution in [0.5, 0.6) is 0 Å². The van der Waals surface area contributed by atoms with Gasteiger partial charge >= 0.3 is 16.2 Å². The number of amides is 3. The number of anilines is 1. The number of benzene rings is 2. The van der Waals surface area contributed by atoms with Crippen molar-refractivity contribution >= 4 is 49.4 Å². The molecule has 0 saturated carbocycles. The van der Waals surface area contributed by atoms with Crippen LogP contribution in [0, 0.1) is 11.6 Å². The Morgan fingerprint density at radius 2 is 1.95 bits per heavy atom. The zero-order valence-corrected chi connectivity index (χ0v) is 23.8. The molecule has 0 aliphatic carbocycles. The molecule has 2 N–H and O–H groups in total. The van der Waals surface area contributed by atoms with Crippen molar-refractivity contribution < 1.29 is 26.8 Å². The van der Waals surface area contributed by atoms with Crippen LogP contribution in [0.4, 0.5) is 19.3 Å². The Kier molecular flexibility index (Phi) is 8.54. The molecule has 3 amide bonds. The lowest BCUT2D eigenvalue weighted by Gasteiger charge is -2.36. The minimum atomic E-state index is -4.38. The summed E-state index contributed by atoms with van der Waals surface area (Å²) in [5.74, 6) is -2.34. The Bertz CT molecular complexity index is 1580.